The normalized spacial score (nSPS) is 14.4. The number of nitrogens with one attached hydrogen (secondary N) is 1. The van der Waals surface area contributed by atoms with Gasteiger partial charge in [-0.3, -0.25) is 0 Å². The van der Waals surface area contributed by atoms with Gasteiger partial charge in [0.25, 0.3) is 0 Å². The van der Waals surface area contributed by atoms with Gasteiger partial charge in [-0.25, -0.2) is 9.37 Å². The minimum absolute atomic E-state index is 0.0711. The first-order chi connectivity index (χ1) is 8.99. The third kappa shape index (κ3) is 3.01. The zero-order valence-corrected chi connectivity index (χ0v) is 11.8. The van der Waals surface area contributed by atoms with Gasteiger partial charge in [0.2, 0.25) is 0 Å². The first-order valence-electron chi connectivity index (χ1n) is 6.48. The summed E-state index contributed by atoms with van der Waals surface area (Å²) in [6, 6.07) is 5.55. The Morgan fingerprint density at radius 1 is 1.26 bits per heavy atom. The molecule has 2 atom stereocenters. The van der Waals surface area contributed by atoms with E-state index in [4.69, 9.17) is 0 Å². The van der Waals surface area contributed by atoms with Crippen molar-refractivity contribution in [2.75, 3.05) is 0 Å². The zero-order valence-electron chi connectivity index (χ0n) is 11.8. The van der Waals surface area contributed by atoms with E-state index in [0.29, 0.717) is 5.56 Å². The van der Waals surface area contributed by atoms with Gasteiger partial charge in [-0.05, 0) is 38.0 Å². The van der Waals surface area contributed by atoms with Crippen LogP contribution in [-0.2, 0) is 7.05 Å². The third-order valence-electron chi connectivity index (χ3n) is 3.44. The Balaban J connectivity index is 2.10. The summed E-state index contributed by atoms with van der Waals surface area (Å²) in [6.45, 7) is 5.86. The van der Waals surface area contributed by atoms with Crippen LogP contribution in [0.1, 0.15) is 42.9 Å². The maximum absolute atomic E-state index is 13.6. The maximum Gasteiger partial charge on any atom is 0.126 e. The van der Waals surface area contributed by atoms with E-state index in [2.05, 4.69) is 17.2 Å². The summed E-state index contributed by atoms with van der Waals surface area (Å²) in [4.78, 5) is 4.32. The second kappa shape index (κ2) is 5.53. The average molecular weight is 261 g/mol. The number of aromatic nitrogens is 2. The van der Waals surface area contributed by atoms with Crippen LogP contribution < -0.4 is 5.32 Å². The summed E-state index contributed by atoms with van der Waals surface area (Å²) in [5.74, 6) is 0.815. The van der Waals surface area contributed by atoms with E-state index in [-0.39, 0.29) is 17.9 Å². The fourth-order valence-electron chi connectivity index (χ4n) is 2.22. The van der Waals surface area contributed by atoms with Crippen LogP contribution in [0.15, 0.2) is 30.6 Å². The molecule has 0 fully saturated rings. The van der Waals surface area contributed by atoms with E-state index in [9.17, 15) is 4.39 Å². The molecule has 0 amide bonds. The summed E-state index contributed by atoms with van der Waals surface area (Å²) in [6.07, 6.45) is 3.70. The Kier molecular flexibility index (Phi) is 4.00. The first-order valence-corrected chi connectivity index (χ1v) is 6.48. The van der Waals surface area contributed by atoms with E-state index in [0.717, 1.165) is 11.4 Å². The molecule has 0 spiro atoms. The van der Waals surface area contributed by atoms with Crippen molar-refractivity contribution >= 4 is 0 Å². The highest BCUT2D eigenvalue weighted by Gasteiger charge is 2.15. The summed E-state index contributed by atoms with van der Waals surface area (Å²) in [5.41, 5.74) is 1.62. The van der Waals surface area contributed by atoms with E-state index in [1.165, 1.54) is 0 Å². The molecule has 1 aromatic carbocycles. The van der Waals surface area contributed by atoms with Crippen molar-refractivity contribution in [1.29, 1.82) is 0 Å². The van der Waals surface area contributed by atoms with Crippen molar-refractivity contribution in [3.63, 3.8) is 0 Å². The standard InChI is InChI=1S/C15H20FN3/c1-10-5-6-13(9-14(10)16)11(2)18-12(3)15-17-7-8-19(15)4/h5-9,11-12,18H,1-4H3. The van der Waals surface area contributed by atoms with Gasteiger partial charge in [0.1, 0.15) is 11.6 Å². The molecule has 0 aliphatic rings. The minimum atomic E-state index is -0.157. The fraction of sp³-hybridized carbons (Fsp3) is 0.400. The molecule has 0 bridgehead atoms. The van der Waals surface area contributed by atoms with E-state index < -0.39 is 0 Å². The number of aryl methyl sites for hydroxylation is 2. The lowest BCUT2D eigenvalue weighted by Crippen LogP contribution is -2.24. The van der Waals surface area contributed by atoms with Crippen molar-refractivity contribution in [2.24, 2.45) is 7.05 Å². The van der Waals surface area contributed by atoms with E-state index in [1.54, 1.807) is 19.2 Å². The number of hydrogen-bond acceptors (Lipinski definition) is 2. The molecular formula is C15H20FN3. The van der Waals surface area contributed by atoms with Gasteiger partial charge >= 0.3 is 0 Å². The molecule has 0 aliphatic heterocycles. The van der Waals surface area contributed by atoms with E-state index >= 15 is 0 Å². The Morgan fingerprint density at radius 3 is 2.58 bits per heavy atom. The van der Waals surface area contributed by atoms with E-state index in [1.807, 2.05) is 36.9 Å². The van der Waals surface area contributed by atoms with Gasteiger partial charge in [0, 0.05) is 25.5 Å². The molecule has 2 rings (SSSR count). The first kappa shape index (κ1) is 13.7. The van der Waals surface area contributed by atoms with Crippen LogP contribution in [0.3, 0.4) is 0 Å². The molecule has 2 aromatic rings. The molecule has 4 heteroatoms. The highest BCUT2D eigenvalue weighted by molar-refractivity contribution is 5.25. The Bertz CT molecular complexity index is 562. The van der Waals surface area contributed by atoms with Gasteiger partial charge in [-0.2, -0.15) is 0 Å². The van der Waals surface area contributed by atoms with Gasteiger partial charge in [-0.15, -0.1) is 0 Å². The molecule has 0 radical (unpaired) electrons. The second-order valence-corrected chi connectivity index (χ2v) is 5.02. The average Bonchev–Trinajstić information content (AvgIpc) is 2.79. The number of nitrogens with zero attached hydrogens (tertiary/aromatic N) is 2. The molecule has 2 unspecified atom stereocenters. The van der Waals surface area contributed by atoms with Crippen LogP contribution in [-0.4, -0.2) is 9.55 Å². The highest BCUT2D eigenvalue weighted by Crippen LogP contribution is 2.20. The second-order valence-electron chi connectivity index (χ2n) is 5.02. The smallest absolute Gasteiger partial charge is 0.126 e. The van der Waals surface area contributed by atoms with Gasteiger partial charge in [0.15, 0.2) is 0 Å². The topological polar surface area (TPSA) is 29.9 Å². The van der Waals surface area contributed by atoms with Crippen LogP contribution in [0.25, 0.3) is 0 Å². The summed E-state index contributed by atoms with van der Waals surface area (Å²) < 4.78 is 15.6. The molecular weight excluding hydrogens is 241 g/mol. The van der Waals surface area contributed by atoms with Crippen molar-refractivity contribution < 1.29 is 4.39 Å². The Morgan fingerprint density at radius 2 is 2.00 bits per heavy atom. The van der Waals surface area contributed by atoms with Crippen molar-refractivity contribution in [1.82, 2.24) is 14.9 Å². The molecule has 0 saturated carbocycles. The van der Waals surface area contributed by atoms with Crippen LogP contribution in [0, 0.1) is 12.7 Å². The van der Waals surface area contributed by atoms with Crippen molar-refractivity contribution in [2.45, 2.75) is 32.9 Å². The van der Waals surface area contributed by atoms with Gasteiger partial charge in [-0.1, -0.05) is 12.1 Å². The van der Waals surface area contributed by atoms with Crippen molar-refractivity contribution in [3.05, 3.63) is 53.4 Å². The van der Waals surface area contributed by atoms with Gasteiger partial charge in [0.05, 0.1) is 6.04 Å². The van der Waals surface area contributed by atoms with Gasteiger partial charge < -0.3 is 9.88 Å². The number of imidazole rings is 1. The van der Waals surface area contributed by atoms with Crippen LogP contribution in [0.4, 0.5) is 4.39 Å². The molecule has 1 aromatic heterocycles. The number of rotatable bonds is 4. The zero-order chi connectivity index (χ0) is 14.0. The summed E-state index contributed by atoms with van der Waals surface area (Å²) in [7, 11) is 1.97. The number of benzene rings is 1. The van der Waals surface area contributed by atoms with Crippen LogP contribution in [0.5, 0.6) is 0 Å². The quantitative estimate of drug-likeness (QED) is 0.915. The molecule has 0 saturated heterocycles. The van der Waals surface area contributed by atoms with Crippen LogP contribution >= 0.6 is 0 Å². The Labute approximate surface area is 113 Å². The third-order valence-corrected chi connectivity index (χ3v) is 3.44. The SMILES string of the molecule is Cc1ccc(C(C)NC(C)c2nccn2C)cc1F. The molecule has 0 aliphatic carbocycles. The highest BCUT2D eigenvalue weighted by atomic mass is 19.1. The largest absolute Gasteiger partial charge is 0.337 e. The molecule has 1 N–H and O–H groups in total. The fourth-order valence-corrected chi connectivity index (χ4v) is 2.22. The predicted octanol–water partition coefficient (Wildman–Crippen LogP) is 3.28. The lowest BCUT2D eigenvalue weighted by atomic mass is 10.1. The van der Waals surface area contributed by atoms with Crippen LogP contribution in [0.2, 0.25) is 0 Å². The number of hydrogen-bond donors (Lipinski definition) is 1. The summed E-state index contributed by atoms with van der Waals surface area (Å²) >= 11 is 0. The Hall–Kier alpha value is -1.68. The lowest BCUT2D eigenvalue weighted by molar-refractivity contribution is 0.465. The predicted molar refractivity (Wildman–Crippen MR) is 74.3 cm³/mol. The lowest BCUT2D eigenvalue weighted by Gasteiger charge is -2.20. The monoisotopic (exact) mass is 261 g/mol. The van der Waals surface area contributed by atoms with Crippen molar-refractivity contribution in [3.8, 4) is 0 Å². The number of halogens is 1. The molecule has 19 heavy (non-hydrogen) atoms. The maximum atomic E-state index is 13.6. The molecule has 1 heterocycles. The summed E-state index contributed by atoms with van der Waals surface area (Å²) in [5, 5.41) is 3.44. The minimum Gasteiger partial charge on any atom is -0.337 e. The molecule has 102 valence electrons. The molecule has 3 nitrogen and oxygen atoms in total.